The van der Waals surface area contributed by atoms with Crippen molar-refractivity contribution in [3.8, 4) is 0 Å². The van der Waals surface area contributed by atoms with Gasteiger partial charge in [-0.05, 0) is 82.6 Å². The Kier molecular flexibility index (Phi) is 5.37. The number of imide groups is 1. The first-order chi connectivity index (χ1) is 16.0. The molecule has 1 N–H and O–H groups in total. The molecule has 2 aromatic rings. The summed E-state index contributed by atoms with van der Waals surface area (Å²) in [5.74, 6) is -0.222. The number of rotatable bonds is 2. The summed E-state index contributed by atoms with van der Waals surface area (Å²) in [4.78, 5) is 39.6. The van der Waals surface area contributed by atoms with E-state index in [0.29, 0.717) is 24.4 Å². The molecule has 1 aliphatic carbocycles. The van der Waals surface area contributed by atoms with Gasteiger partial charge >= 0.3 is 12.1 Å². The van der Waals surface area contributed by atoms with Gasteiger partial charge < -0.3 is 14.2 Å². The lowest BCUT2D eigenvalue weighted by atomic mass is 9.60. The highest BCUT2D eigenvalue weighted by molar-refractivity contribution is 6.06. The minimum atomic E-state index is -0.462. The molecule has 1 saturated carbocycles. The standard InChI is InChI=1S/C26H34N4O4/c1-17-16-30(21-6-5-18(13-20(17)21)29-10-7-22(31)27-23(29)32)19-14-26(15-19)8-11-28(12-9-26)24(33)34-25(2,3)4/h5-6,13,16,19H,7-12,14-15H2,1-4H3,(H,27,31,32). The van der Waals surface area contributed by atoms with Crippen LogP contribution in [0.5, 0.6) is 0 Å². The summed E-state index contributed by atoms with van der Waals surface area (Å²) in [6.07, 6.45) is 6.63. The molecule has 1 aromatic carbocycles. The summed E-state index contributed by atoms with van der Waals surface area (Å²) in [6, 6.07) is 6.22. The van der Waals surface area contributed by atoms with Crippen LogP contribution in [0.4, 0.5) is 15.3 Å². The van der Waals surface area contributed by atoms with Crippen molar-refractivity contribution >= 4 is 34.6 Å². The van der Waals surface area contributed by atoms with Crippen LogP contribution in [0.15, 0.2) is 24.4 Å². The van der Waals surface area contributed by atoms with Gasteiger partial charge in [0.2, 0.25) is 5.91 Å². The van der Waals surface area contributed by atoms with Crippen LogP contribution in [0.3, 0.4) is 0 Å². The topological polar surface area (TPSA) is 83.9 Å². The summed E-state index contributed by atoms with van der Waals surface area (Å²) >= 11 is 0. The van der Waals surface area contributed by atoms with Gasteiger partial charge in [-0.2, -0.15) is 0 Å². The van der Waals surface area contributed by atoms with Crippen molar-refractivity contribution in [2.75, 3.05) is 24.5 Å². The molecule has 182 valence electrons. The number of urea groups is 1. The van der Waals surface area contributed by atoms with E-state index in [2.05, 4.69) is 35.1 Å². The number of likely N-dealkylation sites (tertiary alicyclic amines) is 1. The highest BCUT2D eigenvalue weighted by Gasteiger charge is 2.47. The smallest absolute Gasteiger partial charge is 0.410 e. The number of carbonyl (C=O) groups excluding carboxylic acids is 3. The summed E-state index contributed by atoms with van der Waals surface area (Å²) in [7, 11) is 0. The minimum Gasteiger partial charge on any atom is -0.444 e. The van der Waals surface area contributed by atoms with Crippen LogP contribution in [0.1, 0.15) is 64.5 Å². The fourth-order valence-corrected chi connectivity index (χ4v) is 5.73. The molecule has 3 aliphatic rings. The van der Waals surface area contributed by atoms with Crippen LogP contribution in [-0.2, 0) is 9.53 Å². The van der Waals surface area contributed by atoms with Gasteiger partial charge in [0.1, 0.15) is 5.60 Å². The third-order valence-corrected chi connectivity index (χ3v) is 7.59. The number of fused-ring (bicyclic) bond motifs is 1. The zero-order chi connectivity index (χ0) is 24.3. The fraction of sp³-hybridized carbons (Fsp3) is 0.577. The summed E-state index contributed by atoms with van der Waals surface area (Å²) in [5, 5.41) is 3.54. The van der Waals surface area contributed by atoms with E-state index >= 15 is 0 Å². The van der Waals surface area contributed by atoms with Crippen molar-refractivity contribution in [1.29, 1.82) is 0 Å². The predicted molar refractivity (Wildman–Crippen MR) is 130 cm³/mol. The number of nitrogens with zero attached hydrogens (tertiary/aromatic N) is 3. The van der Waals surface area contributed by atoms with E-state index in [-0.39, 0.29) is 18.0 Å². The van der Waals surface area contributed by atoms with E-state index in [1.807, 2.05) is 31.7 Å². The number of benzene rings is 1. The maximum atomic E-state index is 12.4. The van der Waals surface area contributed by atoms with Crippen LogP contribution in [0, 0.1) is 12.3 Å². The minimum absolute atomic E-state index is 0.201. The van der Waals surface area contributed by atoms with Crippen LogP contribution >= 0.6 is 0 Å². The molecule has 8 heteroatoms. The van der Waals surface area contributed by atoms with Crippen molar-refractivity contribution in [3.05, 3.63) is 30.0 Å². The Morgan fingerprint density at radius 3 is 2.47 bits per heavy atom. The van der Waals surface area contributed by atoms with Crippen LogP contribution in [-0.4, -0.2) is 52.7 Å². The first-order valence-corrected chi connectivity index (χ1v) is 12.2. The lowest BCUT2D eigenvalue weighted by Crippen LogP contribution is -2.50. The fourth-order valence-electron chi connectivity index (χ4n) is 5.73. The highest BCUT2D eigenvalue weighted by Crippen LogP contribution is 2.55. The van der Waals surface area contributed by atoms with Gasteiger partial charge in [-0.1, -0.05) is 0 Å². The van der Waals surface area contributed by atoms with E-state index in [1.165, 1.54) is 11.1 Å². The summed E-state index contributed by atoms with van der Waals surface area (Å²) < 4.78 is 7.93. The molecule has 2 aliphatic heterocycles. The number of carbonyl (C=O) groups is 3. The summed E-state index contributed by atoms with van der Waals surface area (Å²) in [5.41, 5.74) is 3.03. The monoisotopic (exact) mass is 466 g/mol. The van der Waals surface area contributed by atoms with Crippen LogP contribution in [0.2, 0.25) is 0 Å². The Bertz CT molecular complexity index is 1150. The lowest BCUT2D eigenvalue weighted by molar-refractivity contribution is -0.120. The van der Waals surface area contributed by atoms with Gasteiger partial charge in [0.05, 0.1) is 0 Å². The van der Waals surface area contributed by atoms with Gasteiger partial charge in [-0.25, -0.2) is 9.59 Å². The van der Waals surface area contributed by atoms with Crippen molar-refractivity contribution in [2.24, 2.45) is 5.41 Å². The molecule has 5 rings (SSSR count). The van der Waals surface area contributed by atoms with Crippen molar-refractivity contribution in [2.45, 2.75) is 71.4 Å². The molecule has 2 saturated heterocycles. The average Bonchev–Trinajstić information content (AvgIpc) is 3.06. The molecule has 3 fully saturated rings. The van der Waals surface area contributed by atoms with Gasteiger partial charge in [0.25, 0.3) is 0 Å². The largest absolute Gasteiger partial charge is 0.444 e. The number of aryl methyl sites for hydroxylation is 1. The zero-order valence-electron chi connectivity index (χ0n) is 20.5. The second-order valence-corrected chi connectivity index (χ2v) is 11.2. The molecule has 3 heterocycles. The third-order valence-electron chi connectivity index (χ3n) is 7.59. The van der Waals surface area contributed by atoms with E-state index < -0.39 is 5.60 Å². The number of ether oxygens (including phenoxy) is 1. The van der Waals surface area contributed by atoms with E-state index in [1.54, 1.807) is 4.90 Å². The van der Waals surface area contributed by atoms with Gasteiger partial charge in [-0.15, -0.1) is 0 Å². The van der Waals surface area contributed by atoms with Crippen LogP contribution in [0.25, 0.3) is 10.9 Å². The summed E-state index contributed by atoms with van der Waals surface area (Å²) in [6.45, 7) is 9.75. The predicted octanol–water partition coefficient (Wildman–Crippen LogP) is 4.75. The number of piperidine rings is 1. The molecule has 4 amide bonds. The molecule has 0 atom stereocenters. The SMILES string of the molecule is Cc1cn(C2CC3(CCN(C(=O)OC(C)(C)C)CC3)C2)c2ccc(N3CCC(=O)NC3=O)cc12. The Balaban J connectivity index is 1.26. The third kappa shape index (κ3) is 4.14. The quantitative estimate of drug-likeness (QED) is 0.692. The molecule has 0 radical (unpaired) electrons. The Hall–Kier alpha value is -3.03. The van der Waals surface area contributed by atoms with E-state index in [0.717, 1.165) is 49.8 Å². The Labute approximate surface area is 200 Å². The first kappa shape index (κ1) is 22.7. The van der Waals surface area contributed by atoms with Crippen molar-refractivity contribution < 1.29 is 19.1 Å². The molecular weight excluding hydrogens is 432 g/mol. The number of hydrogen-bond donors (Lipinski definition) is 1. The maximum Gasteiger partial charge on any atom is 0.410 e. The van der Waals surface area contributed by atoms with E-state index in [9.17, 15) is 14.4 Å². The van der Waals surface area contributed by atoms with Gasteiger partial charge in [0, 0.05) is 54.9 Å². The molecule has 1 spiro atoms. The normalized spacial score (nSPS) is 21.1. The molecule has 34 heavy (non-hydrogen) atoms. The Morgan fingerprint density at radius 1 is 1.12 bits per heavy atom. The highest BCUT2D eigenvalue weighted by atomic mass is 16.6. The van der Waals surface area contributed by atoms with E-state index in [4.69, 9.17) is 4.74 Å². The number of anilines is 1. The van der Waals surface area contributed by atoms with Gasteiger partial charge in [0.15, 0.2) is 0 Å². The van der Waals surface area contributed by atoms with Gasteiger partial charge in [-0.3, -0.25) is 15.0 Å². The van der Waals surface area contributed by atoms with Crippen molar-refractivity contribution in [3.63, 3.8) is 0 Å². The molecule has 1 aromatic heterocycles. The first-order valence-electron chi connectivity index (χ1n) is 12.2. The molecular formula is C26H34N4O4. The average molecular weight is 467 g/mol. The zero-order valence-corrected chi connectivity index (χ0v) is 20.5. The number of nitrogens with one attached hydrogen (secondary N) is 1. The molecule has 8 nitrogen and oxygen atoms in total. The van der Waals surface area contributed by atoms with Crippen LogP contribution < -0.4 is 10.2 Å². The number of amides is 4. The Morgan fingerprint density at radius 2 is 1.82 bits per heavy atom. The second kappa shape index (κ2) is 8.03. The number of hydrogen-bond acceptors (Lipinski definition) is 4. The maximum absolute atomic E-state index is 12.4. The van der Waals surface area contributed by atoms with Crippen molar-refractivity contribution in [1.82, 2.24) is 14.8 Å². The second-order valence-electron chi connectivity index (χ2n) is 11.2. The number of aromatic nitrogens is 1. The molecule has 0 unspecified atom stereocenters. The molecule has 0 bridgehead atoms. The lowest BCUT2D eigenvalue weighted by Gasteiger charge is -2.52.